The number of nitrogens with zero attached hydrogens (tertiary/aromatic N) is 1. The van der Waals surface area contributed by atoms with Crippen LogP contribution in [0.2, 0.25) is 0 Å². The van der Waals surface area contributed by atoms with E-state index in [1.54, 1.807) is 26.0 Å². The summed E-state index contributed by atoms with van der Waals surface area (Å²) in [5.74, 6) is -0.380. The van der Waals surface area contributed by atoms with Crippen molar-refractivity contribution in [2.24, 2.45) is 5.92 Å². The third-order valence-electron chi connectivity index (χ3n) is 2.35. The number of amides is 1. The Morgan fingerprint density at radius 2 is 2.24 bits per heavy atom. The molecule has 0 heterocycles. The Morgan fingerprint density at radius 1 is 1.59 bits per heavy atom. The molecule has 0 aliphatic rings. The summed E-state index contributed by atoms with van der Waals surface area (Å²) in [4.78, 5) is 21.8. The molecule has 92 valence electrons. The molecule has 0 fully saturated rings. The number of benzene rings is 1. The van der Waals surface area contributed by atoms with Gasteiger partial charge in [-0.15, -0.1) is 11.6 Å². The second-order valence-electron chi connectivity index (χ2n) is 3.80. The number of alkyl halides is 1. The maximum atomic E-state index is 11.5. The molecule has 0 spiro atoms. The van der Waals surface area contributed by atoms with Gasteiger partial charge in [0.15, 0.2) is 0 Å². The average Bonchev–Trinajstić information content (AvgIpc) is 2.30. The van der Waals surface area contributed by atoms with Crippen molar-refractivity contribution in [2.75, 3.05) is 11.2 Å². The Hall–Kier alpha value is -1.62. The largest absolute Gasteiger partial charge is 0.326 e. The normalized spacial score (nSPS) is 11.9. The lowest BCUT2D eigenvalue weighted by molar-refractivity contribution is -0.385. The fraction of sp³-hybridized carbons (Fsp3) is 0.364. The number of nitrogens with one attached hydrogen (secondary N) is 1. The van der Waals surface area contributed by atoms with Crippen LogP contribution >= 0.6 is 11.6 Å². The van der Waals surface area contributed by atoms with Gasteiger partial charge in [0.25, 0.3) is 5.69 Å². The Balaban J connectivity index is 2.90. The van der Waals surface area contributed by atoms with Crippen LogP contribution in [0.1, 0.15) is 12.5 Å². The minimum atomic E-state index is -0.476. The van der Waals surface area contributed by atoms with Crippen LogP contribution < -0.4 is 5.32 Å². The minimum absolute atomic E-state index is 0.0127. The van der Waals surface area contributed by atoms with Crippen molar-refractivity contribution in [3.05, 3.63) is 33.9 Å². The molecule has 0 aliphatic carbocycles. The molecule has 0 saturated heterocycles. The number of carbonyl (C=O) groups excluding carboxylic acids is 1. The highest BCUT2D eigenvalue weighted by Gasteiger charge is 2.15. The highest BCUT2D eigenvalue weighted by molar-refractivity contribution is 6.19. The summed E-state index contributed by atoms with van der Waals surface area (Å²) < 4.78 is 0. The molecular formula is C11H13ClN2O3. The Labute approximate surface area is 104 Å². The summed E-state index contributed by atoms with van der Waals surface area (Å²) in [6.07, 6.45) is 0. The van der Waals surface area contributed by atoms with Crippen molar-refractivity contribution in [3.8, 4) is 0 Å². The van der Waals surface area contributed by atoms with Gasteiger partial charge in [0, 0.05) is 29.1 Å². The van der Waals surface area contributed by atoms with Gasteiger partial charge < -0.3 is 5.32 Å². The summed E-state index contributed by atoms with van der Waals surface area (Å²) in [5, 5.41) is 13.3. The van der Waals surface area contributed by atoms with Gasteiger partial charge in [-0.3, -0.25) is 14.9 Å². The van der Waals surface area contributed by atoms with Crippen LogP contribution in [-0.4, -0.2) is 16.7 Å². The molecular weight excluding hydrogens is 244 g/mol. The van der Waals surface area contributed by atoms with Crippen molar-refractivity contribution in [2.45, 2.75) is 13.8 Å². The number of nitro benzene ring substituents is 1. The number of nitro groups is 1. The van der Waals surface area contributed by atoms with Crippen molar-refractivity contribution < 1.29 is 9.72 Å². The second kappa shape index (κ2) is 5.63. The van der Waals surface area contributed by atoms with E-state index in [4.69, 9.17) is 11.6 Å². The first-order valence-electron chi connectivity index (χ1n) is 5.07. The second-order valence-corrected chi connectivity index (χ2v) is 4.11. The lowest BCUT2D eigenvalue weighted by Crippen LogP contribution is -2.21. The summed E-state index contributed by atoms with van der Waals surface area (Å²) in [6.45, 7) is 3.33. The van der Waals surface area contributed by atoms with Crippen LogP contribution in [0.3, 0.4) is 0 Å². The summed E-state index contributed by atoms with van der Waals surface area (Å²) in [7, 11) is 0. The maximum Gasteiger partial charge on any atom is 0.274 e. The molecule has 1 aromatic carbocycles. The lowest BCUT2D eigenvalue weighted by Gasteiger charge is -2.09. The first-order chi connectivity index (χ1) is 7.95. The van der Waals surface area contributed by atoms with E-state index in [2.05, 4.69) is 5.32 Å². The molecule has 1 amide bonds. The predicted octanol–water partition coefficient (Wildman–Crippen LogP) is 2.72. The van der Waals surface area contributed by atoms with Crippen LogP contribution in [0.15, 0.2) is 18.2 Å². The molecule has 0 saturated carbocycles. The van der Waals surface area contributed by atoms with Gasteiger partial charge in [0.05, 0.1) is 4.92 Å². The molecule has 5 nitrogen and oxygen atoms in total. The van der Waals surface area contributed by atoms with Crippen LogP contribution in [0, 0.1) is 23.0 Å². The van der Waals surface area contributed by atoms with E-state index in [0.717, 1.165) is 0 Å². The van der Waals surface area contributed by atoms with Gasteiger partial charge in [-0.05, 0) is 13.0 Å². The molecule has 0 bridgehead atoms. The smallest absolute Gasteiger partial charge is 0.274 e. The van der Waals surface area contributed by atoms with Crippen molar-refractivity contribution in [3.63, 3.8) is 0 Å². The standard InChI is InChI=1S/C11H13ClN2O3/c1-7-3-4-9(5-10(7)14(16)17)13-11(15)8(2)6-12/h3-5,8H,6H2,1-2H3,(H,13,15). The molecule has 1 aromatic rings. The zero-order valence-electron chi connectivity index (χ0n) is 9.57. The monoisotopic (exact) mass is 256 g/mol. The average molecular weight is 257 g/mol. The van der Waals surface area contributed by atoms with Crippen molar-refractivity contribution >= 4 is 28.9 Å². The van der Waals surface area contributed by atoms with Crippen molar-refractivity contribution in [1.82, 2.24) is 0 Å². The quantitative estimate of drug-likeness (QED) is 0.511. The van der Waals surface area contributed by atoms with Crippen LogP contribution in [-0.2, 0) is 4.79 Å². The number of carbonyl (C=O) groups is 1. The summed E-state index contributed by atoms with van der Waals surface area (Å²) >= 11 is 5.55. The number of hydrogen-bond acceptors (Lipinski definition) is 3. The third kappa shape index (κ3) is 3.42. The fourth-order valence-corrected chi connectivity index (χ4v) is 1.36. The lowest BCUT2D eigenvalue weighted by atomic mass is 10.1. The number of anilines is 1. The number of hydrogen-bond donors (Lipinski definition) is 1. The molecule has 6 heteroatoms. The Bertz CT molecular complexity index is 448. The molecule has 1 rings (SSSR count). The molecule has 0 aromatic heterocycles. The van der Waals surface area contributed by atoms with Crippen LogP contribution in [0.25, 0.3) is 0 Å². The van der Waals surface area contributed by atoms with E-state index in [1.807, 2.05) is 0 Å². The number of rotatable bonds is 4. The third-order valence-corrected chi connectivity index (χ3v) is 2.82. The predicted molar refractivity (Wildman–Crippen MR) is 66.3 cm³/mol. The van der Waals surface area contributed by atoms with E-state index in [9.17, 15) is 14.9 Å². The first-order valence-corrected chi connectivity index (χ1v) is 5.61. The molecule has 0 radical (unpaired) electrons. The first kappa shape index (κ1) is 13.4. The van der Waals surface area contributed by atoms with Crippen molar-refractivity contribution in [1.29, 1.82) is 0 Å². The van der Waals surface area contributed by atoms with Crippen LogP contribution in [0.5, 0.6) is 0 Å². The SMILES string of the molecule is Cc1ccc(NC(=O)C(C)CCl)cc1[N+](=O)[O-]. The zero-order chi connectivity index (χ0) is 13.0. The van der Waals surface area contributed by atoms with E-state index in [0.29, 0.717) is 11.3 Å². The fourth-order valence-electron chi connectivity index (χ4n) is 1.22. The Morgan fingerprint density at radius 3 is 2.76 bits per heavy atom. The molecule has 1 atom stereocenters. The van der Waals surface area contributed by atoms with Gasteiger partial charge in [0.1, 0.15) is 0 Å². The molecule has 1 unspecified atom stereocenters. The molecule has 1 N–H and O–H groups in total. The van der Waals surface area contributed by atoms with E-state index in [-0.39, 0.29) is 23.4 Å². The summed E-state index contributed by atoms with van der Waals surface area (Å²) in [5.41, 5.74) is 0.948. The van der Waals surface area contributed by atoms with Gasteiger partial charge >= 0.3 is 0 Å². The van der Waals surface area contributed by atoms with Gasteiger partial charge in [-0.2, -0.15) is 0 Å². The zero-order valence-corrected chi connectivity index (χ0v) is 10.3. The van der Waals surface area contributed by atoms with Crippen LogP contribution in [0.4, 0.5) is 11.4 Å². The molecule has 0 aliphatic heterocycles. The minimum Gasteiger partial charge on any atom is -0.326 e. The van der Waals surface area contributed by atoms with E-state index in [1.165, 1.54) is 6.07 Å². The highest BCUT2D eigenvalue weighted by Crippen LogP contribution is 2.22. The van der Waals surface area contributed by atoms with Gasteiger partial charge in [-0.1, -0.05) is 13.0 Å². The maximum absolute atomic E-state index is 11.5. The van der Waals surface area contributed by atoms with Gasteiger partial charge in [-0.25, -0.2) is 0 Å². The topological polar surface area (TPSA) is 72.2 Å². The highest BCUT2D eigenvalue weighted by atomic mass is 35.5. The van der Waals surface area contributed by atoms with Gasteiger partial charge in [0.2, 0.25) is 5.91 Å². The number of aryl methyl sites for hydroxylation is 1. The molecule has 17 heavy (non-hydrogen) atoms. The van der Waals surface area contributed by atoms with E-state index < -0.39 is 4.92 Å². The van der Waals surface area contributed by atoms with E-state index >= 15 is 0 Å². The Kier molecular flexibility index (Phi) is 4.45. The summed E-state index contributed by atoms with van der Waals surface area (Å²) in [6, 6.07) is 4.56. The number of halogens is 1.